The van der Waals surface area contributed by atoms with Crippen molar-refractivity contribution in [1.82, 2.24) is 14.6 Å². The van der Waals surface area contributed by atoms with E-state index in [0.29, 0.717) is 16.8 Å². The van der Waals surface area contributed by atoms with Gasteiger partial charge in [-0.2, -0.15) is 13.5 Å². The molecular weight excluding hydrogens is 278 g/mol. The van der Waals surface area contributed by atoms with E-state index >= 15 is 0 Å². The number of aromatic nitrogens is 3. The highest BCUT2D eigenvalue weighted by Crippen LogP contribution is 2.30. The molecule has 0 amide bonds. The van der Waals surface area contributed by atoms with Gasteiger partial charge in [0.05, 0.1) is 0 Å². The Morgan fingerprint density at radius 2 is 1.95 bits per heavy atom. The number of nitrogens with zero attached hydrogens (tertiary/aromatic N) is 3. The van der Waals surface area contributed by atoms with Crippen LogP contribution < -0.4 is 0 Å². The van der Waals surface area contributed by atoms with Crippen LogP contribution in [0.1, 0.15) is 5.56 Å². The van der Waals surface area contributed by atoms with Gasteiger partial charge in [0.15, 0.2) is 5.65 Å². The molecule has 0 spiro atoms. The number of benzene rings is 1. The van der Waals surface area contributed by atoms with E-state index in [-0.39, 0.29) is 4.90 Å². The van der Waals surface area contributed by atoms with E-state index in [2.05, 4.69) is 10.1 Å². The van der Waals surface area contributed by atoms with Gasteiger partial charge in [-0.15, -0.1) is 0 Å². The van der Waals surface area contributed by atoms with Crippen LogP contribution in [0.4, 0.5) is 0 Å². The summed E-state index contributed by atoms with van der Waals surface area (Å²) in [5, 5.41) is 4.08. The van der Waals surface area contributed by atoms with Gasteiger partial charge in [-0.3, -0.25) is 4.55 Å². The molecule has 20 heavy (non-hydrogen) atoms. The second-order valence-electron chi connectivity index (χ2n) is 4.41. The Kier molecular flexibility index (Phi) is 2.81. The molecule has 2 heterocycles. The fourth-order valence-corrected chi connectivity index (χ4v) is 2.81. The van der Waals surface area contributed by atoms with Crippen LogP contribution in [-0.4, -0.2) is 27.6 Å². The van der Waals surface area contributed by atoms with Crippen molar-refractivity contribution in [2.45, 2.75) is 11.8 Å². The molecule has 0 saturated heterocycles. The van der Waals surface area contributed by atoms with Gasteiger partial charge in [0.2, 0.25) is 0 Å². The van der Waals surface area contributed by atoms with Gasteiger partial charge < -0.3 is 0 Å². The average molecular weight is 289 g/mol. The molecule has 0 saturated carbocycles. The molecule has 0 atom stereocenters. The topological polar surface area (TPSA) is 84.6 Å². The fraction of sp³-hybridized carbons (Fsp3) is 0.0769. The first kappa shape index (κ1) is 12.8. The SMILES string of the molecule is Cc1ccc(S(=O)(=O)O)c(-c2ccnn3ccnc23)c1. The quantitative estimate of drug-likeness (QED) is 0.729. The lowest BCUT2D eigenvalue weighted by Gasteiger charge is -2.09. The Bertz CT molecular complexity index is 900. The second kappa shape index (κ2) is 4.39. The van der Waals surface area contributed by atoms with Gasteiger partial charge in [-0.1, -0.05) is 11.6 Å². The standard InChI is InChI=1S/C13H11N3O3S/c1-9-2-3-12(20(17,18)19)11(8-9)10-4-5-15-16-7-6-14-13(10)16/h2-8H,1H3,(H,17,18,19). The van der Waals surface area contributed by atoms with Gasteiger partial charge in [0.1, 0.15) is 4.90 Å². The molecule has 1 aromatic carbocycles. The minimum absolute atomic E-state index is 0.140. The molecule has 7 heteroatoms. The highest BCUT2D eigenvalue weighted by molar-refractivity contribution is 7.86. The maximum Gasteiger partial charge on any atom is 0.295 e. The summed E-state index contributed by atoms with van der Waals surface area (Å²) in [6, 6.07) is 6.40. The van der Waals surface area contributed by atoms with Crippen LogP contribution in [0.5, 0.6) is 0 Å². The second-order valence-corrected chi connectivity index (χ2v) is 5.80. The van der Waals surface area contributed by atoms with Crippen LogP contribution >= 0.6 is 0 Å². The average Bonchev–Trinajstić information content (AvgIpc) is 2.85. The third-order valence-corrected chi connectivity index (χ3v) is 3.91. The zero-order chi connectivity index (χ0) is 14.3. The maximum atomic E-state index is 11.5. The molecule has 2 aromatic heterocycles. The molecule has 1 N–H and O–H groups in total. The summed E-state index contributed by atoms with van der Waals surface area (Å²) in [6.07, 6.45) is 4.80. The number of hydrogen-bond acceptors (Lipinski definition) is 4. The lowest BCUT2D eigenvalue weighted by atomic mass is 10.1. The van der Waals surface area contributed by atoms with E-state index in [4.69, 9.17) is 0 Å². The normalized spacial score (nSPS) is 11.9. The molecule has 0 unspecified atom stereocenters. The van der Waals surface area contributed by atoms with Gasteiger partial charge in [-0.05, 0) is 25.1 Å². The highest BCUT2D eigenvalue weighted by Gasteiger charge is 2.18. The van der Waals surface area contributed by atoms with Crippen molar-refractivity contribution in [2.75, 3.05) is 0 Å². The molecule has 0 aliphatic carbocycles. The van der Waals surface area contributed by atoms with E-state index in [1.54, 1.807) is 41.3 Å². The van der Waals surface area contributed by atoms with E-state index in [1.165, 1.54) is 6.07 Å². The van der Waals surface area contributed by atoms with Crippen LogP contribution in [0, 0.1) is 6.92 Å². The molecule has 3 aromatic rings. The Morgan fingerprint density at radius 1 is 1.15 bits per heavy atom. The molecule has 0 radical (unpaired) electrons. The predicted molar refractivity (Wildman–Crippen MR) is 73.0 cm³/mol. The summed E-state index contributed by atoms with van der Waals surface area (Å²) in [7, 11) is -4.31. The summed E-state index contributed by atoms with van der Waals surface area (Å²) in [5.74, 6) is 0. The molecule has 3 rings (SSSR count). The molecule has 102 valence electrons. The summed E-state index contributed by atoms with van der Waals surface area (Å²) in [4.78, 5) is 4.03. The third-order valence-electron chi connectivity index (χ3n) is 3.00. The van der Waals surface area contributed by atoms with E-state index in [0.717, 1.165) is 5.56 Å². The van der Waals surface area contributed by atoms with Gasteiger partial charge in [0, 0.05) is 29.7 Å². The van der Waals surface area contributed by atoms with Gasteiger partial charge in [-0.25, -0.2) is 9.50 Å². The van der Waals surface area contributed by atoms with Crippen molar-refractivity contribution in [1.29, 1.82) is 0 Å². The van der Waals surface area contributed by atoms with Crippen LogP contribution in [0.25, 0.3) is 16.8 Å². The van der Waals surface area contributed by atoms with Crippen molar-refractivity contribution in [3.05, 3.63) is 48.4 Å². The van der Waals surface area contributed by atoms with Crippen molar-refractivity contribution >= 4 is 15.8 Å². The molecular formula is C13H11N3O3S. The first-order valence-electron chi connectivity index (χ1n) is 5.84. The molecule has 0 fully saturated rings. The zero-order valence-electron chi connectivity index (χ0n) is 10.6. The minimum atomic E-state index is -4.31. The Morgan fingerprint density at radius 3 is 2.70 bits per heavy atom. The predicted octanol–water partition coefficient (Wildman–Crippen LogP) is 1.95. The largest absolute Gasteiger partial charge is 0.295 e. The first-order chi connectivity index (χ1) is 9.47. The smallest absolute Gasteiger partial charge is 0.282 e. The van der Waals surface area contributed by atoms with Gasteiger partial charge >= 0.3 is 0 Å². The summed E-state index contributed by atoms with van der Waals surface area (Å²) < 4.78 is 34.0. The Hall–Kier alpha value is -2.25. The number of imidazole rings is 1. The zero-order valence-corrected chi connectivity index (χ0v) is 11.4. The maximum absolute atomic E-state index is 11.5. The van der Waals surface area contributed by atoms with Crippen LogP contribution in [0.15, 0.2) is 47.8 Å². The number of aryl methyl sites for hydroxylation is 1. The van der Waals surface area contributed by atoms with Gasteiger partial charge in [0.25, 0.3) is 10.1 Å². The lowest BCUT2D eigenvalue weighted by molar-refractivity contribution is 0.483. The number of fused-ring (bicyclic) bond motifs is 1. The summed E-state index contributed by atoms with van der Waals surface area (Å²) in [5.41, 5.74) is 2.42. The monoisotopic (exact) mass is 289 g/mol. The fourth-order valence-electron chi connectivity index (χ4n) is 2.13. The number of rotatable bonds is 2. The summed E-state index contributed by atoms with van der Waals surface area (Å²) in [6.45, 7) is 1.85. The van der Waals surface area contributed by atoms with Crippen LogP contribution in [-0.2, 0) is 10.1 Å². The van der Waals surface area contributed by atoms with Crippen molar-refractivity contribution in [3.63, 3.8) is 0 Å². The van der Waals surface area contributed by atoms with Crippen LogP contribution in [0.2, 0.25) is 0 Å². The molecule has 6 nitrogen and oxygen atoms in total. The highest BCUT2D eigenvalue weighted by atomic mass is 32.2. The first-order valence-corrected chi connectivity index (χ1v) is 7.28. The Labute approximate surface area is 115 Å². The minimum Gasteiger partial charge on any atom is -0.282 e. The number of hydrogen-bond donors (Lipinski definition) is 1. The lowest BCUT2D eigenvalue weighted by Crippen LogP contribution is -2.02. The van der Waals surface area contributed by atoms with E-state index in [1.807, 2.05) is 6.92 Å². The molecule has 0 bridgehead atoms. The van der Waals surface area contributed by atoms with E-state index < -0.39 is 10.1 Å². The van der Waals surface area contributed by atoms with E-state index in [9.17, 15) is 13.0 Å². The van der Waals surface area contributed by atoms with Crippen molar-refractivity contribution < 1.29 is 13.0 Å². The summed E-state index contributed by atoms with van der Waals surface area (Å²) >= 11 is 0. The van der Waals surface area contributed by atoms with Crippen LogP contribution in [0.3, 0.4) is 0 Å². The third kappa shape index (κ3) is 2.06. The molecule has 0 aliphatic rings. The van der Waals surface area contributed by atoms with Crippen molar-refractivity contribution in [3.8, 4) is 11.1 Å². The van der Waals surface area contributed by atoms with Crippen molar-refractivity contribution in [2.24, 2.45) is 0 Å². The molecule has 0 aliphatic heterocycles. The Balaban J connectivity index is 2.40.